The lowest BCUT2D eigenvalue weighted by atomic mass is 10.1. The van der Waals surface area contributed by atoms with Crippen molar-refractivity contribution < 1.29 is 33.3 Å². The van der Waals surface area contributed by atoms with Crippen LogP contribution in [-0.2, 0) is 20.9 Å². The summed E-state index contributed by atoms with van der Waals surface area (Å²) in [4.78, 5) is 23.8. The van der Waals surface area contributed by atoms with Crippen molar-refractivity contribution in [1.82, 2.24) is 5.32 Å². The standard InChI is InChI=1S/C22H27NO7/c1-14-6-7-17(8-15(14)2)29-13-21(25)30-12-20(24)23-11-16-9-18(26-3)22(28-5)19(10-16)27-4/h6-10H,11-13H2,1-5H3,(H,23,24). The highest BCUT2D eigenvalue weighted by molar-refractivity contribution is 5.80. The second-order valence-corrected chi connectivity index (χ2v) is 6.51. The molecule has 0 fully saturated rings. The van der Waals surface area contributed by atoms with E-state index in [1.165, 1.54) is 21.3 Å². The van der Waals surface area contributed by atoms with Crippen LogP contribution >= 0.6 is 0 Å². The highest BCUT2D eigenvalue weighted by Crippen LogP contribution is 2.38. The van der Waals surface area contributed by atoms with Crippen molar-refractivity contribution in [3.63, 3.8) is 0 Å². The van der Waals surface area contributed by atoms with Gasteiger partial charge in [0, 0.05) is 6.54 Å². The second kappa shape index (κ2) is 10.9. The zero-order chi connectivity index (χ0) is 22.1. The van der Waals surface area contributed by atoms with Gasteiger partial charge in [-0.2, -0.15) is 0 Å². The van der Waals surface area contributed by atoms with Crippen molar-refractivity contribution in [1.29, 1.82) is 0 Å². The summed E-state index contributed by atoms with van der Waals surface area (Å²) < 4.78 is 26.2. The molecule has 162 valence electrons. The van der Waals surface area contributed by atoms with Gasteiger partial charge < -0.3 is 29.0 Å². The first-order valence-corrected chi connectivity index (χ1v) is 9.29. The molecule has 2 aromatic carbocycles. The molecule has 30 heavy (non-hydrogen) atoms. The van der Waals surface area contributed by atoms with E-state index in [-0.39, 0.29) is 13.2 Å². The molecule has 0 saturated carbocycles. The molecule has 1 N–H and O–H groups in total. The molecular weight excluding hydrogens is 390 g/mol. The predicted molar refractivity (Wildman–Crippen MR) is 110 cm³/mol. The molecule has 0 radical (unpaired) electrons. The number of hydrogen-bond acceptors (Lipinski definition) is 7. The number of benzene rings is 2. The van der Waals surface area contributed by atoms with E-state index in [0.717, 1.165) is 16.7 Å². The van der Waals surface area contributed by atoms with E-state index in [1.807, 2.05) is 26.0 Å². The fourth-order valence-electron chi connectivity index (χ4n) is 2.62. The third-order valence-electron chi connectivity index (χ3n) is 4.41. The summed E-state index contributed by atoms with van der Waals surface area (Å²) in [6, 6.07) is 8.98. The Morgan fingerprint density at radius 3 is 2.10 bits per heavy atom. The third-order valence-corrected chi connectivity index (χ3v) is 4.41. The van der Waals surface area contributed by atoms with Crippen LogP contribution in [-0.4, -0.2) is 46.4 Å². The van der Waals surface area contributed by atoms with Crippen molar-refractivity contribution >= 4 is 11.9 Å². The largest absolute Gasteiger partial charge is 0.493 e. The van der Waals surface area contributed by atoms with E-state index in [1.54, 1.807) is 18.2 Å². The predicted octanol–water partition coefficient (Wildman–Crippen LogP) is 2.57. The number of ether oxygens (including phenoxy) is 5. The first kappa shape index (κ1) is 22.9. The Balaban J connectivity index is 1.80. The Morgan fingerprint density at radius 1 is 0.867 bits per heavy atom. The van der Waals surface area contributed by atoms with E-state index >= 15 is 0 Å². The van der Waals surface area contributed by atoms with Crippen LogP contribution in [0, 0.1) is 13.8 Å². The third kappa shape index (κ3) is 6.30. The fraction of sp³-hybridized carbons (Fsp3) is 0.364. The molecule has 2 aromatic rings. The Morgan fingerprint density at radius 2 is 1.53 bits per heavy atom. The highest BCUT2D eigenvalue weighted by atomic mass is 16.6. The van der Waals surface area contributed by atoms with Crippen LogP contribution in [0.4, 0.5) is 0 Å². The van der Waals surface area contributed by atoms with E-state index in [4.69, 9.17) is 23.7 Å². The van der Waals surface area contributed by atoms with E-state index in [2.05, 4.69) is 5.32 Å². The molecule has 0 atom stereocenters. The SMILES string of the molecule is COc1cc(CNC(=O)COC(=O)COc2ccc(C)c(C)c2)cc(OC)c1OC. The minimum Gasteiger partial charge on any atom is -0.493 e. The summed E-state index contributed by atoms with van der Waals surface area (Å²) in [5, 5.41) is 2.67. The normalized spacial score (nSPS) is 10.2. The van der Waals surface area contributed by atoms with Crippen molar-refractivity contribution in [2.24, 2.45) is 0 Å². The molecular formula is C22H27NO7. The molecule has 0 spiro atoms. The van der Waals surface area contributed by atoms with E-state index in [9.17, 15) is 9.59 Å². The minimum absolute atomic E-state index is 0.201. The molecule has 0 aliphatic heterocycles. The van der Waals surface area contributed by atoms with Crippen molar-refractivity contribution in [3.05, 3.63) is 47.0 Å². The van der Waals surface area contributed by atoms with Gasteiger partial charge in [0.1, 0.15) is 5.75 Å². The van der Waals surface area contributed by atoms with E-state index < -0.39 is 18.5 Å². The number of aryl methyl sites for hydroxylation is 2. The lowest BCUT2D eigenvalue weighted by Crippen LogP contribution is -2.29. The maximum atomic E-state index is 12.0. The number of rotatable bonds is 10. The quantitative estimate of drug-likeness (QED) is 0.594. The fourth-order valence-corrected chi connectivity index (χ4v) is 2.62. The van der Waals surface area contributed by atoms with Gasteiger partial charge in [-0.3, -0.25) is 4.79 Å². The molecule has 8 nitrogen and oxygen atoms in total. The van der Waals surface area contributed by atoms with Crippen LogP contribution in [0.2, 0.25) is 0 Å². The van der Waals surface area contributed by atoms with Crippen LogP contribution in [0.1, 0.15) is 16.7 Å². The molecule has 0 aliphatic carbocycles. The average Bonchev–Trinajstić information content (AvgIpc) is 2.75. The molecule has 0 heterocycles. The number of nitrogens with one attached hydrogen (secondary N) is 1. The topological polar surface area (TPSA) is 92.3 Å². The lowest BCUT2D eigenvalue weighted by molar-refractivity contribution is -0.150. The molecule has 2 rings (SSSR count). The summed E-state index contributed by atoms with van der Waals surface area (Å²) >= 11 is 0. The second-order valence-electron chi connectivity index (χ2n) is 6.51. The molecule has 0 unspecified atom stereocenters. The monoisotopic (exact) mass is 417 g/mol. The zero-order valence-electron chi connectivity index (χ0n) is 17.9. The van der Waals surface area contributed by atoms with Crippen LogP contribution in [0.15, 0.2) is 30.3 Å². The van der Waals surface area contributed by atoms with Crippen LogP contribution < -0.4 is 24.3 Å². The number of amides is 1. The van der Waals surface area contributed by atoms with Gasteiger partial charge in [0.05, 0.1) is 21.3 Å². The Labute approximate surface area is 176 Å². The smallest absolute Gasteiger partial charge is 0.344 e. The lowest BCUT2D eigenvalue weighted by Gasteiger charge is -2.14. The number of carbonyl (C=O) groups excluding carboxylic acids is 2. The van der Waals surface area contributed by atoms with Crippen LogP contribution in [0.5, 0.6) is 23.0 Å². The van der Waals surface area contributed by atoms with Crippen LogP contribution in [0.3, 0.4) is 0 Å². The van der Waals surface area contributed by atoms with Crippen molar-refractivity contribution in [2.45, 2.75) is 20.4 Å². The number of methoxy groups -OCH3 is 3. The van der Waals surface area contributed by atoms with Crippen molar-refractivity contribution in [3.8, 4) is 23.0 Å². The first-order chi connectivity index (χ1) is 14.4. The average molecular weight is 417 g/mol. The highest BCUT2D eigenvalue weighted by Gasteiger charge is 2.14. The summed E-state index contributed by atoms with van der Waals surface area (Å²) in [6.07, 6.45) is 0. The molecule has 8 heteroatoms. The minimum atomic E-state index is -0.629. The summed E-state index contributed by atoms with van der Waals surface area (Å²) in [5.74, 6) is 0.932. The van der Waals surface area contributed by atoms with Gasteiger partial charge >= 0.3 is 5.97 Å². The maximum absolute atomic E-state index is 12.0. The molecule has 0 saturated heterocycles. The van der Waals surface area contributed by atoms with Gasteiger partial charge in [-0.25, -0.2) is 4.79 Å². The molecule has 0 aliphatic rings. The molecule has 0 bridgehead atoms. The van der Waals surface area contributed by atoms with Crippen molar-refractivity contribution in [2.75, 3.05) is 34.5 Å². The van der Waals surface area contributed by atoms with Gasteiger partial charge in [-0.1, -0.05) is 6.07 Å². The first-order valence-electron chi connectivity index (χ1n) is 9.29. The van der Waals surface area contributed by atoms with Gasteiger partial charge in [0.25, 0.3) is 5.91 Å². The molecule has 1 amide bonds. The number of esters is 1. The van der Waals surface area contributed by atoms with Gasteiger partial charge in [-0.05, 0) is 54.8 Å². The Hall–Kier alpha value is -3.42. The summed E-state index contributed by atoms with van der Waals surface area (Å²) in [5.41, 5.74) is 2.93. The van der Waals surface area contributed by atoms with Gasteiger partial charge in [-0.15, -0.1) is 0 Å². The number of hydrogen-bond donors (Lipinski definition) is 1. The van der Waals surface area contributed by atoms with Crippen LogP contribution in [0.25, 0.3) is 0 Å². The molecule has 0 aromatic heterocycles. The van der Waals surface area contributed by atoms with Gasteiger partial charge in [0.15, 0.2) is 24.7 Å². The maximum Gasteiger partial charge on any atom is 0.344 e. The Kier molecular flexibility index (Phi) is 8.34. The number of carbonyl (C=O) groups is 2. The van der Waals surface area contributed by atoms with Gasteiger partial charge in [0.2, 0.25) is 5.75 Å². The van der Waals surface area contributed by atoms with E-state index in [0.29, 0.717) is 23.0 Å². The Bertz CT molecular complexity index is 870. The zero-order valence-corrected chi connectivity index (χ0v) is 17.9. The summed E-state index contributed by atoms with van der Waals surface area (Å²) in [7, 11) is 4.54. The summed E-state index contributed by atoms with van der Waals surface area (Å²) in [6.45, 7) is 3.47.